The number of anilines is 2. The number of amides is 1. The molecule has 1 aliphatic rings. The van der Waals surface area contributed by atoms with Crippen molar-refractivity contribution >= 4 is 23.3 Å². The van der Waals surface area contributed by atoms with Crippen molar-refractivity contribution in [3.8, 4) is 5.75 Å². The van der Waals surface area contributed by atoms with Gasteiger partial charge in [0.25, 0.3) is 5.91 Å². The SMILES string of the molecule is Cc1cccc(C)c1O[C@@H](CC(F)F)C(=O)Nc1ccc(N2CCC=C(F)C2)cc1C(=O)O. The molecule has 3 rings (SSSR count). The third-order valence-corrected chi connectivity index (χ3v) is 5.32. The van der Waals surface area contributed by atoms with Crippen molar-refractivity contribution in [1.82, 2.24) is 0 Å². The van der Waals surface area contributed by atoms with E-state index < -0.39 is 30.8 Å². The van der Waals surface area contributed by atoms with Gasteiger partial charge < -0.3 is 20.1 Å². The van der Waals surface area contributed by atoms with E-state index >= 15 is 0 Å². The summed E-state index contributed by atoms with van der Waals surface area (Å²) in [5.41, 5.74) is 1.54. The summed E-state index contributed by atoms with van der Waals surface area (Å²) in [5, 5.41) is 12.1. The molecule has 2 aromatic carbocycles. The first-order valence-electron chi connectivity index (χ1n) is 10.4. The number of aromatic carboxylic acids is 1. The highest BCUT2D eigenvalue weighted by Gasteiger charge is 2.28. The first kappa shape index (κ1) is 24.2. The molecule has 0 aliphatic carbocycles. The molecule has 9 heteroatoms. The zero-order valence-electron chi connectivity index (χ0n) is 18.3. The second kappa shape index (κ2) is 10.4. The Morgan fingerprint density at radius 2 is 1.88 bits per heavy atom. The molecule has 0 bridgehead atoms. The number of alkyl halides is 2. The summed E-state index contributed by atoms with van der Waals surface area (Å²) in [6.07, 6.45) is -3.25. The summed E-state index contributed by atoms with van der Waals surface area (Å²) in [7, 11) is 0. The highest BCUT2D eigenvalue weighted by molar-refractivity contribution is 6.02. The van der Waals surface area contributed by atoms with E-state index in [-0.39, 0.29) is 23.6 Å². The fourth-order valence-electron chi connectivity index (χ4n) is 3.65. The number of carbonyl (C=O) groups is 2. The van der Waals surface area contributed by atoms with Crippen LogP contribution in [0.2, 0.25) is 0 Å². The maximum Gasteiger partial charge on any atom is 0.337 e. The van der Waals surface area contributed by atoms with Crippen molar-refractivity contribution in [3.63, 3.8) is 0 Å². The van der Waals surface area contributed by atoms with Crippen molar-refractivity contribution in [2.75, 3.05) is 23.3 Å². The predicted molar refractivity (Wildman–Crippen MR) is 119 cm³/mol. The number of carboxylic acid groups (broad SMARTS) is 1. The predicted octanol–water partition coefficient (Wildman–Crippen LogP) is 5.11. The smallest absolute Gasteiger partial charge is 0.337 e. The van der Waals surface area contributed by atoms with Gasteiger partial charge in [-0.3, -0.25) is 4.79 Å². The summed E-state index contributed by atoms with van der Waals surface area (Å²) in [6.45, 7) is 4.00. The highest BCUT2D eigenvalue weighted by Crippen LogP contribution is 2.28. The summed E-state index contributed by atoms with van der Waals surface area (Å²) in [4.78, 5) is 26.4. The number of aryl methyl sites for hydroxylation is 2. The Kier molecular flexibility index (Phi) is 7.63. The minimum absolute atomic E-state index is 0.0187. The lowest BCUT2D eigenvalue weighted by Crippen LogP contribution is -2.35. The molecule has 1 atom stereocenters. The molecule has 1 heterocycles. The zero-order valence-corrected chi connectivity index (χ0v) is 18.3. The number of ether oxygens (including phenoxy) is 1. The lowest BCUT2D eigenvalue weighted by molar-refractivity contribution is -0.124. The molecule has 0 fully saturated rings. The number of hydrogen-bond donors (Lipinski definition) is 2. The molecule has 0 aromatic heterocycles. The Morgan fingerprint density at radius 3 is 2.48 bits per heavy atom. The van der Waals surface area contributed by atoms with Crippen LogP contribution in [0, 0.1) is 13.8 Å². The Morgan fingerprint density at radius 1 is 1.18 bits per heavy atom. The molecule has 1 amide bonds. The van der Waals surface area contributed by atoms with Crippen LogP contribution in [-0.4, -0.2) is 42.6 Å². The topological polar surface area (TPSA) is 78.9 Å². The minimum atomic E-state index is -2.81. The normalized spacial score (nSPS) is 14.6. The molecule has 2 aromatic rings. The van der Waals surface area contributed by atoms with Gasteiger partial charge in [0, 0.05) is 12.2 Å². The van der Waals surface area contributed by atoms with E-state index in [4.69, 9.17) is 4.74 Å². The number of carbonyl (C=O) groups excluding carboxylic acids is 1. The molecule has 0 radical (unpaired) electrons. The van der Waals surface area contributed by atoms with E-state index in [9.17, 15) is 27.9 Å². The van der Waals surface area contributed by atoms with Crippen LogP contribution < -0.4 is 15.0 Å². The monoisotopic (exact) mass is 462 g/mol. The van der Waals surface area contributed by atoms with Gasteiger partial charge in [0.1, 0.15) is 11.6 Å². The standard InChI is InChI=1S/C24H25F3N2O4/c1-14-5-3-6-15(2)22(14)33-20(12-21(26)27)23(30)28-19-9-8-17(11-18(19)24(31)32)29-10-4-7-16(25)13-29/h3,5-9,11,20-21H,4,10,12-13H2,1-2H3,(H,28,30)(H,31,32)/t20-/m0/s1. The summed E-state index contributed by atoms with van der Waals surface area (Å²) < 4.78 is 45.7. The van der Waals surface area contributed by atoms with Crippen molar-refractivity contribution in [1.29, 1.82) is 0 Å². The molecule has 1 aliphatic heterocycles. The van der Waals surface area contributed by atoms with Crippen molar-refractivity contribution in [3.05, 3.63) is 65.0 Å². The molecule has 176 valence electrons. The molecular formula is C24H25F3N2O4. The van der Waals surface area contributed by atoms with Gasteiger partial charge in [0.2, 0.25) is 6.43 Å². The van der Waals surface area contributed by atoms with Crippen molar-refractivity contribution < 1.29 is 32.6 Å². The van der Waals surface area contributed by atoms with E-state index in [2.05, 4.69) is 5.32 Å². The number of para-hydroxylation sites is 1. The molecule has 2 N–H and O–H groups in total. The van der Waals surface area contributed by atoms with Gasteiger partial charge in [-0.2, -0.15) is 0 Å². The Balaban J connectivity index is 1.85. The number of nitrogens with zero attached hydrogens (tertiary/aromatic N) is 1. The van der Waals surface area contributed by atoms with E-state index in [1.165, 1.54) is 18.2 Å². The third kappa shape index (κ3) is 6.06. The number of rotatable bonds is 8. The average molecular weight is 462 g/mol. The van der Waals surface area contributed by atoms with Gasteiger partial charge in [0.15, 0.2) is 6.10 Å². The van der Waals surface area contributed by atoms with Gasteiger partial charge in [-0.1, -0.05) is 18.2 Å². The van der Waals surface area contributed by atoms with Crippen LogP contribution in [0.3, 0.4) is 0 Å². The molecule has 0 saturated heterocycles. The van der Waals surface area contributed by atoms with E-state index in [0.29, 0.717) is 35.5 Å². The number of carboxylic acids is 1. The Bertz CT molecular complexity index is 1050. The van der Waals surface area contributed by atoms with Crippen molar-refractivity contribution in [2.45, 2.75) is 39.2 Å². The van der Waals surface area contributed by atoms with E-state index in [1.54, 1.807) is 43.0 Å². The van der Waals surface area contributed by atoms with E-state index in [0.717, 1.165) is 0 Å². The van der Waals surface area contributed by atoms with Gasteiger partial charge in [0.05, 0.1) is 24.2 Å². The van der Waals surface area contributed by atoms with Crippen LogP contribution in [0.25, 0.3) is 0 Å². The number of halogens is 3. The zero-order chi connectivity index (χ0) is 24.1. The van der Waals surface area contributed by atoms with Gasteiger partial charge in [-0.15, -0.1) is 0 Å². The van der Waals surface area contributed by atoms with Crippen LogP contribution in [-0.2, 0) is 4.79 Å². The number of benzene rings is 2. The van der Waals surface area contributed by atoms with Gasteiger partial charge in [-0.05, 0) is 55.7 Å². The largest absolute Gasteiger partial charge is 0.480 e. The van der Waals surface area contributed by atoms with Crippen LogP contribution in [0.1, 0.15) is 34.3 Å². The summed E-state index contributed by atoms with van der Waals surface area (Å²) in [5.74, 6) is -2.19. The maximum atomic E-state index is 13.6. The van der Waals surface area contributed by atoms with Crippen molar-refractivity contribution in [2.24, 2.45) is 0 Å². The van der Waals surface area contributed by atoms with Crippen LogP contribution >= 0.6 is 0 Å². The first-order chi connectivity index (χ1) is 15.7. The quantitative estimate of drug-likeness (QED) is 0.570. The average Bonchev–Trinajstić information content (AvgIpc) is 2.75. The van der Waals surface area contributed by atoms with Gasteiger partial charge >= 0.3 is 5.97 Å². The lowest BCUT2D eigenvalue weighted by atomic mass is 10.1. The van der Waals surface area contributed by atoms with Crippen LogP contribution in [0.4, 0.5) is 24.5 Å². The third-order valence-electron chi connectivity index (χ3n) is 5.32. The van der Waals surface area contributed by atoms with Crippen LogP contribution in [0.15, 0.2) is 48.3 Å². The second-order valence-electron chi connectivity index (χ2n) is 7.84. The maximum absolute atomic E-state index is 13.6. The van der Waals surface area contributed by atoms with Gasteiger partial charge in [-0.25, -0.2) is 18.0 Å². The first-order valence-corrected chi connectivity index (χ1v) is 10.4. The molecule has 0 saturated carbocycles. The lowest BCUT2D eigenvalue weighted by Gasteiger charge is -2.27. The molecule has 0 unspecified atom stereocenters. The second-order valence-corrected chi connectivity index (χ2v) is 7.84. The Hall–Kier alpha value is -3.49. The molecular weight excluding hydrogens is 437 g/mol. The Labute approximate surface area is 189 Å². The fourth-order valence-corrected chi connectivity index (χ4v) is 3.65. The molecule has 0 spiro atoms. The number of hydrogen-bond acceptors (Lipinski definition) is 4. The molecule has 6 nitrogen and oxygen atoms in total. The van der Waals surface area contributed by atoms with Crippen LogP contribution in [0.5, 0.6) is 5.75 Å². The molecule has 33 heavy (non-hydrogen) atoms. The number of nitrogens with one attached hydrogen (secondary N) is 1. The summed E-state index contributed by atoms with van der Waals surface area (Å²) in [6, 6.07) is 9.50. The minimum Gasteiger partial charge on any atom is -0.480 e. The van der Waals surface area contributed by atoms with E-state index in [1.807, 2.05) is 0 Å². The summed E-state index contributed by atoms with van der Waals surface area (Å²) >= 11 is 0. The fraction of sp³-hybridized carbons (Fsp3) is 0.333. The highest BCUT2D eigenvalue weighted by atomic mass is 19.3.